The second kappa shape index (κ2) is 7.31. The summed E-state index contributed by atoms with van der Waals surface area (Å²) in [5.41, 5.74) is 2.54. The number of benzene rings is 1. The molecule has 6 nitrogen and oxygen atoms in total. The zero-order chi connectivity index (χ0) is 17.8. The van der Waals surface area contributed by atoms with E-state index in [4.69, 9.17) is 0 Å². The molecule has 130 valence electrons. The SMILES string of the molecule is O=C(NC1CCN(c2nccc(-c3ccccc3)n2)C1)c1cccnc1. The minimum atomic E-state index is -0.0936. The fourth-order valence-electron chi connectivity index (χ4n) is 3.10. The Balaban J connectivity index is 1.43. The summed E-state index contributed by atoms with van der Waals surface area (Å²) in [6.07, 6.45) is 5.89. The van der Waals surface area contributed by atoms with Crippen LogP contribution in [0.1, 0.15) is 16.8 Å². The van der Waals surface area contributed by atoms with Crippen molar-refractivity contribution in [2.45, 2.75) is 12.5 Å². The van der Waals surface area contributed by atoms with Crippen molar-refractivity contribution in [2.75, 3.05) is 18.0 Å². The quantitative estimate of drug-likeness (QED) is 0.787. The lowest BCUT2D eigenvalue weighted by Gasteiger charge is -2.17. The Hall–Kier alpha value is -3.28. The van der Waals surface area contributed by atoms with E-state index in [0.29, 0.717) is 18.1 Å². The number of amides is 1. The summed E-state index contributed by atoms with van der Waals surface area (Å²) >= 11 is 0. The summed E-state index contributed by atoms with van der Waals surface area (Å²) in [5.74, 6) is 0.605. The first-order valence-electron chi connectivity index (χ1n) is 8.64. The van der Waals surface area contributed by atoms with Gasteiger partial charge in [0, 0.05) is 43.3 Å². The lowest BCUT2D eigenvalue weighted by Crippen LogP contribution is -2.37. The molecule has 1 saturated heterocycles. The Morgan fingerprint density at radius 3 is 2.77 bits per heavy atom. The number of nitrogens with zero attached hydrogens (tertiary/aromatic N) is 4. The van der Waals surface area contributed by atoms with Gasteiger partial charge in [-0.25, -0.2) is 9.97 Å². The molecule has 0 saturated carbocycles. The highest BCUT2D eigenvalue weighted by Crippen LogP contribution is 2.21. The molecule has 1 aromatic carbocycles. The molecule has 1 aliphatic rings. The van der Waals surface area contributed by atoms with Gasteiger partial charge in [0.05, 0.1) is 11.3 Å². The molecule has 1 amide bonds. The molecule has 4 rings (SSSR count). The van der Waals surface area contributed by atoms with Gasteiger partial charge in [-0.05, 0) is 24.6 Å². The normalized spacial score (nSPS) is 16.5. The first-order valence-corrected chi connectivity index (χ1v) is 8.64. The Kier molecular flexibility index (Phi) is 4.55. The fourth-order valence-corrected chi connectivity index (χ4v) is 3.10. The third-order valence-electron chi connectivity index (χ3n) is 4.44. The van der Waals surface area contributed by atoms with Crippen LogP contribution in [0.15, 0.2) is 67.1 Å². The van der Waals surface area contributed by atoms with Gasteiger partial charge in [-0.15, -0.1) is 0 Å². The first kappa shape index (κ1) is 16.2. The zero-order valence-corrected chi connectivity index (χ0v) is 14.2. The Bertz CT molecular complexity index is 885. The van der Waals surface area contributed by atoms with Crippen LogP contribution in [0.25, 0.3) is 11.3 Å². The number of anilines is 1. The standard InChI is InChI=1S/C20H19N5O/c26-19(16-7-4-10-21-13-16)23-17-9-12-25(14-17)20-22-11-8-18(24-20)15-5-2-1-3-6-15/h1-8,10-11,13,17H,9,12,14H2,(H,23,26). The number of rotatable bonds is 4. The van der Waals surface area contributed by atoms with Crippen molar-refractivity contribution in [3.63, 3.8) is 0 Å². The lowest BCUT2D eigenvalue weighted by atomic mass is 10.1. The highest BCUT2D eigenvalue weighted by molar-refractivity contribution is 5.94. The summed E-state index contributed by atoms with van der Waals surface area (Å²) in [7, 11) is 0. The van der Waals surface area contributed by atoms with E-state index < -0.39 is 0 Å². The van der Waals surface area contributed by atoms with Crippen molar-refractivity contribution in [3.05, 3.63) is 72.7 Å². The lowest BCUT2D eigenvalue weighted by molar-refractivity contribution is 0.0940. The predicted molar refractivity (Wildman–Crippen MR) is 99.8 cm³/mol. The Morgan fingerprint density at radius 2 is 1.96 bits per heavy atom. The maximum absolute atomic E-state index is 12.3. The maximum atomic E-state index is 12.3. The molecule has 1 N–H and O–H groups in total. The molecule has 1 aliphatic heterocycles. The highest BCUT2D eigenvalue weighted by Gasteiger charge is 2.26. The smallest absolute Gasteiger partial charge is 0.253 e. The molecule has 1 fully saturated rings. The molecule has 0 aliphatic carbocycles. The number of pyridine rings is 1. The van der Waals surface area contributed by atoms with E-state index >= 15 is 0 Å². The van der Waals surface area contributed by atoms with Crippen molar-refractivity contribution in [1.29, 1.82) is 0 Å². The van der Waals surface area contributed by atoms with Crippen LogP contribution in [0.4, 0.5) is 5.95 Å². The number of carbonyl (C=O) groups is 1. The van der Waals surface area contributed by atoms with Gasteiger partial charge in [0.15, 0.2) is 0 Å². The van der Waals surface area contributed by atoms with Gasteiger partial charge in [0.2, 0.25) is 5.95 Å². The minimum absolute atomic E-state index is 0.0756. The van der Waals surface area contributed by atoms with E-state index in [1.54, 1.807) is 30.7 Å². The maximum Gasteiger partial charge on any atom is 0.253 e. The van der Waals surface area contributed by atoms with Crippen molar-refractivity contribution < 1.29 is 4.79 Å². The van der Waals surface area contributed by atoms with Crippen molar-refractivity contribution in [3.8, 4) is 11.3 Å². The van der Waals surface area contributed by atoms with Gasteiger partial charge < -0.3 is 10.2 Å². The van der Waals surface area contributed by atoms with Gasteiger partial charge in [0.1, 0.15) is 0 Å². The summed E-state index contributed by atoms with van der Waals surface area (Å²) < 4.78 is 0. The van der Waals surface area contributed by atoms with Gasteiger partial charge in [-0.3, -0.25) is 9.78 Å². The van der Waals surface area contributed by atoms with Crippen molar-refractivity contribution >= 4 is 11.9 Å². The molecule has 3 heterocycles. The molecular weight excluding hydrogens is 326 g/mol. The second-order valence-electron chi connectivity index (χ2n) is 6.25. The number of hydrogen-bond acceptors (Lipinski definition) is 5. The number of aromatic nitrogens is 3. The van der Waals surface area contributed by atoms with Gasteiger partial charge in [-0.2, -0.15) is 0 Å². The largest absolute Gasteiger partial charge is 0.347 e. The fraction of sp³-hybridized carbons (Fsp3) is 0.200. The van der Waals surface area contributed by atoms with E-state index in [2.05, 4.69) is 25.2 Å². The first-order chi connectivity index (χ1) is 12.8. The van der Waals surface area contributed by atoms with Gasteiger partial charge in [-0.1, -0.05) is 30.3 Å². The third-order valence-corrected chi connectivity index (χ3v) is 4.44. The van der Waals surface area contributed by atoms with Crippen LogP contribution in [0.2, 0.25) is 0 Å². The second-order valence-corrected chi connectivity index (χ2v) is 6.25. The van der Waals surface area contributed by atoms with Crippen LogP contribution in [0.3, 0.4) is 0 Å². The molecule has 1 atom stereocenters. The molecule has 26 heavy (non-hydrogen) atoms. The van der Waals surface area contributed by atoms with E-state index in [9.17, 15) is 4.79 Å². The summed E-state index contributed by atoms with van der Waals surface area (Å²) in [6.45, 7) is 1.51. The van der Waals surface area contributed by atoms with E-state index in [-0.39, 0.29) is 11.9 Å². The highest BCUT2D eigenvalue weighted by atomic mass is 16.1. The van der Waals surface area contributed by atoms with Gasteiger partial charge in [0.25, 0.3) is 5.91 Å². The molecular formula is C20H19N5O. The van der Waals surface area contributed by atoms with Crippen LogP contribution in [0.5, 0.6) is 0 Å². The van der Waals surface area contributed by atoms with Crippen molar-refractivity contribution in [1.82, 2.24) is 20.3 Å². The summed E-state index contributed by atoms with van der Waals surface area (Å²) in [6, 6.07) is 15.6. The van der Waals surface area contributed by atoms with Crippen LogP contribution >= 0.6 is 0 Å². The number of carbonyl (C=O) groups excluding carboxylic acids is 1. The van der Waals surface area contributed by atoms with Crippen molar-refractivity contribution in [2.24, 2.45) is 0 Å². The van der Waals surface area contributed by atoms with Crippen LogP contribution in [-0.2, 0) is 0 Å². The van der Waals surface area contributed by atoms with Gasteiger partial charge >= 0.3 is 0 Å². The van der Waals surface area contributed by atoms with Crippen LogP contribution < -0.4 is 10.2 Å². The van der Waals surface area contributed by atoms with E-state index in [1.807, 2.05) is 36.4 Å². The summed E-state index contributed by atoms with van der Waals surface area (Å²) in [5, 5.41) is 3.07. The average Bonchev–Trinajstić information content (AvgIpc) is 3.18. The summed E-state index contributed by atoms with van der Waals surface area (Å²) in [4.78, 5) is 27.5. The van der Waals surface area contributed by atoms with E-state index in [0.717, 1.165) is 24.2 Å². The predicted octanol–water partition coefficient (Wildman–Crippen LogP) is 2.55. The van der Waals surface area contributed by atoms with Crippen LogP contribution in [-0.4, -0.2) is 40.0 Å². The molecule has 0 bridgehead atoms. The molecule has 2 aromatic heterocycles. The third kappa shape index (κ3) is 3.54. The average molecular weight is 345 g/mol. The molecule has 3 aromatic rings. The van der Waals surface area contributed by atoms with E-state index in [1.165, 1.54) is 0 Å². The Morgan fingerprint density at radius 1 is 1.08 bits per heavy atom. The molecule has 1 unspecified atom stereocenters. The van der Waals surface area contributed by atoms with Crippen LogP contribution in [0, 0.1) is 0 Å². The molecule has 0 radical (unpaired) electrons. The monoisotopic (exact) mass is 345 g/mol. The topological polar surface area (TPSA) is 71.0 Å². The minimum Gasteiger partial charge on any atom is -0.347 e. The zero-order valence-electron chi connectivity index (χ0n) is 14.2. The molecule has 0 spiro atoms. The number of hydrogen-bond donors (Lipinski definition) is 1. The number of nitrogens with one attached hydrogen (secondary N) is 1. The Labute approximate surface area is 151 Å². The molecule has 6 heteroatoms.